The Morgan fingerprint density at radius 1 is 1.32 bits per heavy atom. The third-order valence-electron chi connectivity index (χ3n) is 3.93. The second kappa shape index (κ2) is 7.04. The first-order valence-electron chi connectivity index (χ1n) is 7.12. The van der Waals surface area contributed by atoms with E-state index in [1.54, 1.807) is 7.11 Å². The van der Waals surface area contributed by atoms with Crippen molar-refractivity contribution in [1.29, 1.82) is 0 Å². The maximum absolute atomic E-state index is 10.5. The third kappa shape index (κ3) is 3.78. The SMILES string of the molecule is COC[C@@]1([C@@H](O)CCc2ccccc2)CCCCO1. The summed E-state index contributed by atoms with van der Waals surface area (Å²) in [6.07, 6.45) is 4.19. The molecule has 1 aromatic rings. The monoisotopic (exact) mass is 264 g/mol. The minimum absolute atomic E-state index is 0.465. The number of methoxy groups -OCH3 is 1. The van der Waals surface area contributed by atoms with E-state index in [0.717, 1.165) is 32.3 Å². The summed E-state index contributed by atoms with van der Waals surface area (Å²) in [5, 5.41) is 10.5. The second-order valence-corrected chi connectivity index (χ2v) is 5.34. The zero-order chi connectivity index (χ0) is 13.6. The predicted molar refractivity (Wildman–Crippen MR) is 75.2 cm³/mol. The molecule has 0 bridgehead atoms. The molecule has 1 heterocycles. The van der Waals surface area contributed by atoms with Crippen LogP contribution in [0.4, 0.5) is 0 Å². The van der Waals surface area contributed by atoms with Gasteiger partial charge < -0.3 is 14.6 Å². The van der Waals surface area contributed by atoms with Crippen LogP contribution in [0.2, 0.25) is 0 Å². The molecule has 1 aliphatic rings. The molecule has 1 aliphatic heterocycles. The van der Waals surface area contributed by atoms with Crippen molar-refractivity contribution >= 4 is 0 Å². The van der Waals surface area contributed by atoms with Gasteiger partial charge in [-0.25, -0.2) is 0 Å². The molecule has 0 saturated carbocycles. The maximum atomic E-state index is 10.5. The molecule has 3 heteroatoms. The highest BCUT2D eigenvalue weighted by molar-refractivity contribution is 5.15. The van der Waals surface area contributed by atoms with Crippen LogP contribution in [-0.2, 0) is 15.9 Å². The first-order chi connectivity index (χ1) is 9.27. The Morgan fingerprint density at radius 3 is 2.74 bits per heavy atom. The van der Waals surface area contributed by atoms with Gasteiger partial charge in [0.25, 0.3) is 0 Å². The van der Waals surface area contributed by atoms with Crippen molar-refractivity contribution in [2.24, 2.45) is 0 Å². The Kier molecular flexibility index (Phi) is 5.37. The number of benzene rings is 1. The van der Waals surface area contributed by atoms with E-state index in [0.29, 0.717) is 13.0 Å². The predicted octanol–water partition coefficient (Wildman–Crippen LogP) is 2.57. The van der Waals surface area contributed by atoms with Gasteiger partial charge in [-0.05, 0) is 37.7 Å². The summed E-state index contributed by atoms with van der Waals surface area (Å²) in [6, 6.07) is 10.3. The fraction of sp³-hybridized carbons (Fsp3) is 0.625. The largest absolute Gasteiger partial charge is 0.390 e. The fourth-order valence-electron chi connectivity index (χ4n) is 2.80. The van der Waals surface area contributed by atoms with Crippen molar-refractivity contribution in [1.82, 2.24) is 0 Å². The number of rotatable bonds is 6. The number of aliphatic hydroxyl groups is 1. The van der Waals surface area contributed by atoms with Crippen molar-refractivity contribution in [2.45, 2.75) is 43.8 Å². The minimum atomic E-state index is -0.498. The number of hydrogen-bond acceptors (Lipinski definition) is 3. The van der Waals surface area contributed by atoms with E-state index in [9.17, 15) is 5.11 Å². The summed E-state index contributed by atoms with van der Waals surface area (Å²) in [5.74, 6) is 0. The summed E-state index contributed by atoms with van der Waals surface area (Å²) in [7, 11) is 1.67. The Hall–Kier alpha value is -0.900. The van der Waals surface area contributed by atoms with Crippen LogP contribution in [0.1, 0.15) is 31.2 Å². The van der Waals surface area contributed by atoms with Crippen LogP contribution in [0, 0.1) is 0 Å². The zero-order valence-corrected chi connectivity index (χ0v) is 11.7. The average molecular weight is 264 g/mol. The first-order valence-corrected chi connectivity index (χ1v) is 7.12. The van der Waals surface area contributed by atoms with E-state index >= 15 is 0 Å². The number of aliphatic hydroxyl groups excluding tert-OH is 1. The van der Waals surface area contributed by atoms with Gasteiger partial charge >= 0.3 is 0 Å². The molecule has 0 aliphatic carbocycles. The van der Waals surface area contributed by atoms with Crippen LogP contribution in [0.3, 0.4) is 0 Å². The van der Waals surface area contributed by atoms with Crippen LogP contribution in [0.15, 0.2) is 30.3 Å². The molecular weight excluding hydrogens is 240 g/mol. The Labute approximate surface area is 115 Å². The minimum Gasteiger partial charge on any atom is -0.390 e. The smallest absolute Gasteiger partial charge is 0.117 e. The molecule has 0 amide bonds. The highest BCUT2D eigenvalue weighted by Crippen LogP contribution is 2.31. The Balaban J connectivity index is 1.93. The summed E-state index contributed by atoms with van der Waals surface area (Å²) < 4.78 is 11.2. The van der Waals surface area contributed by atoms with E-state index in [2.05, 4.69) is 12.1 Å². The molecule has 0 spiro atoms. The van der Waals surface area contributed by atoms with Gasteiger partial charge in [-0.1, -0.05) is 30.3 Å². The molecule has 1 fully saturated rings. The highest BCUT2D eigenvalue weighted by Gasteiger charge is 2.40. The van der Waals surface area contributed by atoms with Gasteiger partial charge in [-0.15, -0.1) is 0 Å². The van der Waals surface area contributed by atoms with Crippen molar-refractivity contribution in [3.05, 3.63) is 35.9 Å². The maximum Gasteiger partial charge on any atom is 0.117 e. The van der Waals surface area contributed by atoms with Crippen molar-refractivity contribution in [3.63, 3.8) is 0 Å². The lowest BCUT2D eigenvalue weighted by Crippen LogP contribution is -2.51. The second-order valence-electron chi connectivity index (χ2n) is 5.34. The van der Waals surface area contributed by atoms with E-state index in [1.165, 1.54) is 5.56 Å². The molecule has 0 aromatic heterocycles. The first kappa shape index (κ1) is 14.5. The molecule has 0 unspecified atom stereocenters. The topological polar surface area (TPSA) is 38.7 Å². The molecule has 106 valence electrons. The van der Waals surface area contributed by atoms with Crippen LogP contribution in [0.25, 0.3) is 0 Å². The van der Waals surface area contributed by atoms with Crippen LogP contribution in [0.5, 0.6) is 0 Å². The molecule has 1 saturated heterocycles. The van der Waals surface area contributed by atoms with Crippen LogP contribution >= 0.6 is 0 Å². The molecule has 1 aromatic carbocycles. The molecule has 2 rings (SSSR count). The molecular formula is C16H24O3. The van der Waals surface area contributed by atoms with Crippen molar-refractivity contribution in [2.75, 3.05) is 20.3 Å². The Morgan fingerprint density at radius 2 is 2.11 bits per heavy atom. The number of hydrogen-bond donors (Lipinski definition) is 1. The normalized spacial score (nSPS) is 25.2. The van der Waals surface area contributed by atoms with Gasteiger partial charge in [-0.3, -0.25) is 0 Å². The average Bonchev–Trinajstić information content (AvgIpc) is 2.47. The molecule has 2 atom stereocenters. The quantitative estimate of drug-likeness (QED) is 0.858. The van der Waals surface area contributed by atoms with Gasteiger partial charge in [-0.2, -0.15) is 0 Å². The summed E-state index contributed by atoms with van der Waals surface area (Å²) >= 11 is 0. The van der Waals surface area contributed by atoms with Crippen LogP contribution < -0.4 is 0 Å². The molecule has 0 radical (unpaired) electrons. The van der Waals surface area contributed by atoms with Gasteiger partial charge in [0.05, 0.1) is 12.7 Å². The zero-order valence-electron chi connectivity index (χ0n) is 11.7. The van der Waals surface area contributed by atoms with E-state index in [1.807, 2.05) is 18.2 Å². The lowest BCUT2D eigenvalue weighted by Gasteiger charge is -2.40. The highest BCUT2D eigenvalue weighted by atomic mass is 16.5. The Bertz CT molecular complexity index is 352. The van der Waals surface area contributed by atoms with E-state index in [-0.39, 0.29) is 0 Å². The van der Waals surface area contributed by atoms with Gasteiger partial charge in [0.1, 0.15) is 5.60 Å². The van der Waals surface area contributed by atoms with Crippen LogP contribution in [-0.4, -0.2) is 37.1 Å². The van der Waals surface area contributed by atoms with E-state index in [4.69, 9.17) is 9.47 Å². The molecule has 1 N–H and O–H groups in total. The third-order valence-corrected chi connectivity index (χ3v) is 3.93. The summed E-state index contributed by atoms with van der Waals surface area (Å²) in [6.45, 7) is 1.20. The fourth-order valence-corrected chi connectivity index (χ4v) is 2.80. The van der Waals surface area contributed by atoms with Gasteiger partial charge in [0, 0.05) is 13.7 Å². The number of aryl methyl sites for hydroxylation is 1. The van der Waals surface area contributed by atoms with Gasteiger partial charge in [0.2, 0.25) is 0 Å². The lowest BCUT2D eigenvalue weighted by atomic mass is 9.86. The molecule has 3 nitrogen and oxygen atoms in total. The van der Waals surface area contributed by atoms with Gasteiger partial charge in [0.15, 0.2) is 0 Å². The van der Waals surface area contributed by atoms with Crippen molar-refractivity contribution in [3.8, 4) is 0 Å². The number of ether oxygens (including phenoxy) is 2. The van der Waals surface area contributed by atoms with E-state index < -0.39 is 11.7 Å². The lowest BCUT2D eigenvalue weighted by molar-refractivity contribution is -0.175. The van der Waals surface area contributed by atoms with Crippen molar-refractivity contribution < 1.29 is 14.6 Å². The molecule has 19 heavy (non-hydrogen) atoms. The summed E-state index contributed by atoms with van der Waals surface area (Å²) in [4.78, 5) is 0. The summed E-state index contributed by atoms with van der Waals surface area (Å²) in [5.41, 5.74) is 0.756. The standard InChI is InChI=1S/C16H24O3/c1-18-13-16(11-5-6-12-19-16)15(17)10-9-14-7-3-2-4-8-14/h2-4,7-8,15,17H,5-6,9-13H2,1H3/t15-,16+/m0/s1.